The lowest BCUT2D eigenvalue weighted by atomic mass is 10.0. The van der Waals surface area contributed by atoms with E-state index < -0.39 is 6.10 Å². The standard InChI is InChI=1S/C11H22N2O3/c1-7(2)10(14)4-13-11(15)8-5-16-6-9(8)12-3/h7-10,12,14H,4-6H2,1-3H3,(H,13,15). The second kappa shape index (κ2) is 6.18. The maximum Gasteiger partial charge on any atom is 0.227 e. The molecule has 0 saturated carbocycles. The van der Waals surface area contributed by atoms with Crippen LogP contribution < -0.4 is 10.6 Å². The predicted molar refractivity (Wildman–Crippen MR) is 61.0 cm³/mol. The van der Waals surface area contributed by atoms with Crippen molar-refractivity contribution in [3.8, 4) is 0 Å². The molecular weight excluding hydrogens is 208 g/mol. The van der Waals surface area contributed by atoms with Crippen molar-refractivity contribution in [2.45, 2.75) is 26.0 Å². The fourth-order valence-electron chi connectivity index (χ4n) is 1.67. The molecular formula is C11H22N2O3. The van der Waals surface area contributed by atoms with Gasteiger partial charge < -0.3 is 20.5 Å². The summed E-state index contributed by atoms with van der Waals surface area (Å²) in [5.74, 6) is -0.0406. The summed E-state index contributed by atoms with van der Waals surface area (Å²) in [6.45, 7) is 5.18. The minimum atomic E-state index is -0.487. The molecule has 0 aliphatic carbocycles. The van der Waals surface area contributed by atoms with E-state index in [9.17, 15) is 9.90 Å². The van der Waals surface area contributed by atoms with Crippen LogP contribution in [0.2, 0.25) is 0 Å². The molecule has 1 heterocycles. The van der Waals surface area contributed by atoms with Crippen molar-refractivity contribution >= 4 is 5.91 Å². The molecule has 1 rings (SSSR count). The van der Waals surface area contributed by atoms with Crippen LogP contribution in [0.3, 0.4) is 0 Å². The Kier molecular flexibility index (Phi) is 5.18. The van der Waals surface area contributed by atoms with Crippen LogP contribution in [0.5, 0.6) is 0 Å². The molecule has 1 fully saturated rings. The molecule has 1 aliphatic rings. The largest absolute Gasteiger partial charge is 0.391 e. The molecule has 3 unspecified atom stereocenters. The summed E-state index contributed by atoms with van der Waals surface area (Å²) in [5, 5.41) is 15.4. The van der Waals surface area contributed by atoms with Gasteiger partial charge in [-0.25, -0.2) is 0 Å². The van der Waals surface area contributed by atoms with E-state index in [1.54, 1.807) is 0 Å². The van der Waals surface area contributed by atoms with Crippen LogP contribution in [0.4, 0.5) is 0 Å². The van der Waals surface area contributed by atoms with Crippen LogP contribution >= 0.6 is 0 Å². The SMILES string of the molecule is CNC1COCC1C(=O)NCC(O)C(C)C. The first-order valence-corrected chi connectivity index (χ1v) is 5.77. The van der Waals surface area contributed by atoms with E-state index in [1.165, 1.54) is 0 Å². The number of hydrogen-bond acceptors (Lipinski definition) is 4. The molecule has 0 aromatic carbocycles. The number of amides is 1. The highest BCUT2D eigenvalue weighted by Gasteiger charge is 2.32. The van der Waals surface area contributed by atoms with Gasteiger partial charge in [-0.3, -0.25) is 4.79 Å². The molecule has 1 aliphatic heterocycles. The van der Waals surface area contributed by atoms with Crippen LogP contribution in [0.15, 0.2) is 0 Å². The minimum absolute atomic E-state index is 0.0449. The monoisotopic (exact) mass is 230 g/mol. The predicted octanol–water partition coefficient (Wildman–Crippen LogP) is -0.646. The van der Waals surface area contributed by atoms with Gasteiger partial charge in [0.25, 0.3) is 0 Å². The summed E-state index contributed by atoms with van der Waals surface area (Å²) in [6, 6.07) is 0.0798. The second-order valence-corrected chi connectivity index (χ2v) is 4.60. The van der Waals surface area contributed by atoms with Crippen molar-refractivity contribution in [3.05, 3.63) is 0 Å². The molecule has 0 radical (unpaired) electrons. The molecule has 5 heteroatoms. The number of aliphatic hydroxyl groups is 1. The maximum atomic E-state index is 11.8. The maximum absolute atomic E-state index is 11.8. The quantitative estimate of drug-likeness (QED) is 0.587. The number of nitrogens with one attached hydrogen (secondary N) is 2. The van der Waals surface area contributed by atoms with Gasteiger partial charge in [0.15, 0.2) is 0 Å². The van der Waals surface area contributed by atoms with Gasteiger partial charge in [-0.2, -0.15) is 0 Å². The van der Waals surface area contributed by atoms with E-state index in [1.807, 2.05) is 20.9 Å². The van der Waals surface area contributed by atoms with Gasteiger partial charge in [0.05, 0.1) is 25.2 Å². The van der Waals surface area contributed by atoms with Gasteiger partial charge in [0, 0.05) is 12.6 Å². The lowest BCUT2D eigenvalue weighted by Crippen LogP contribution is -2.45. The molecule has 0 bridgehead atoms. The molecule has 0 aromatic rings. The zero-order valence-corrected chi connectivity index (χ0v) is 10.2. The topological polar surface area (TPSA) is 70.6 Å². The van der Waals surface area contributed by atoms with Crippen LogP contribution in [-0.2, 0) is 9.53 Å². The van der Waals surface area contributed by atoms with Crippen LogP contribution in [0.1, 0.15) is 13.8 Å². The Morgan fingerprint density at radius 3 is 2.75 bits per heavy atom. The molecule has 5 nitrogen and oxygen atoms in total. The van der Waals surface area contributed by atoms with Gasteiger partial charge in [-0.05, 0) is 13.0 Å². The molecule has 0 aromatic heterocycles. The fraction of sp³-hybridized carbons (Fsp3) is 0.909. The number of carbonyl (C=O) groups excluding carboxylic acids is 1. The number of aliphatic hydroxyl groups excluding tert-OH is 1. The summed E-state index contributed by atoms with van der Waals surface area (Å²) in [4.78, 5) is 11.8. The van der Waals surface area contributed by atoms with Gasteiger partial charge >= 0.3 is 0 Å². The Bertz CT molecular complexity index is 233. The summed E-state index contributed by atoms with van der Waals surface area (Å²) >= 11 is 0. The zero-order valence-electron chi connectivity index (χ0n) is 10.2. The lowest BCUT2D eigenvalue weighted by molar-refractivity contribution is -0.126. The molecule has 3 atom stereocenters. The summed E-state index contributed by atoms with van der Waals surface area (Å²) in [6.07, 6.45) is -0.487. The third kappa shape index (κ3) is 3.43. The number of rotatable bonds is 5. The average molecular weight is 230 g/mol. The van der Waals surface area contributed by atoms with Crippen LogP contribution in [0, 0.1) is 11.8 Å². The Morgan fingerprint density at radius 1 is 1.50 bits per heavy atom. The Hall–Kier alpha value is -0.650. The Labute approximate surface area is 96.6 Å². The summed E-state index contributed by atoms with van der Waals surface area (Å²) in [5.41, 5.74) is 0. The molecule has 3 N–H and O–H groups in total. The first-order chi connectivity index (χ1) is 7.56. The van der Waals surface area contributed by atoms with Crippen LogP contribution in [0.25, 0.3) is 0 Å². The van der Waals surface area contributed by atoms with Crippen molar-refractivity contribution in [1.82, 2.24) is 10.6 Å². The smallest absolute Gasteiger partial charge is 0.227 e. The molecule has 16 heavy (non-hydrogen) atoms. The third-order valence-corrected chi connectivity index (χ3v) is 3.04. The van der Waals surface area contributed by atoms with Gasteiger partial charge in [-0.15, -0.1) is 0 Å². The number of likely N-dealkylation sites (N-methyl/N-ethyl adjacent to an activating group) is 1. The normalized spacial score (nSPS) is 27.1. The highest BCUT2D eigenvalue weighted by molar-refractivity contribution is 5.79. The van der Waals surface area contributed by atoms with Crippen molar-refractivity contribution in [2.24, 2.45) is 11.8 Å². The van der Waals surface area contributed by atoms with Crippen molar-refractivity contribution in [1.29, 1.82) is 0 Å². The van der Waals surface area contributed by atoms with E-state index in [0.29, 0.717) is 19.8 Å². The highest BCUT2D eigenvalue weighted by Crippen LogP contribution is 2.13. The van der Waals surface area contributed by atoms with Crippen LogP contribution in [-0.4, -0.2) is 50.0 Å². The van der Waals surface area contributed by atoms with E-state index in [-0.39, 0.29) is 23.8 Å². The first-order valence-electron chi connectivity index (χ1n) is 5.77. The molecule has 1 amide bonds. The number of carbonyl (C=O) groups is 1. The zero-order chi connectivity index (χ0) is 12.1. The van der Waals surface area contributed by atoms with Crippen molar-refractivity contribution in [2.75, 3.05) is 26.8 Å². The van der Waals surface area contributed by atoms with E-state index in [0.717, 1.165) is 0 Å². The minimum Gasteiger partial charge on any atom is -0.391 e. The van der Waals surface area contributed by atoms with E-state index >= 15 is 0 Å². The summed E-state index contributed by atoms with van der Waals surface area (Å²) < 4.78 is 5.25. The lowest BCUT2D eigenvalue weighted by Gasteiger charge is -2.19. The fourth-order valence-corrected chi connectivity index (χ4v) is 1.67. The number of hydrogen-bond donors (Lipinski definition) is 3. The van der Waals surface area contributed by atoms with Gasteiger partial charge in [0.1, 0.15) is 0 Å². The van der Waals surface area contributed by atoms with E-state index in [2.05, 4.69) is 10.6 Å². The molecule has 1 saturated heterocycles. The Balaban J connectivity index is 2.34. The van der Waals surface area contributed by atoms with Crippen molar-refractivity contribution < 1.29 is 14.6 Å². The Morgan fingerprint density at radius 2 is 2.19 bits per heavy atom. The first kappa shape index (κ1) is 13.4. The van der Waals surface area contributed by atoms with Gasteiger partial charge in [-0.1, -0.05) is 13.8 Å². The third-order valence-electron chi connectivity index (χ3n) is 3.04. The molecule has 0 spiro atoms. The second-order valence-electron chi connectivity index (χ2n) is 4.60. The van der Waals surface area contributed by atoms with E-state index in [4.69, 9.17) is 4.74 Å². The molecule has 94 valence electrons. The van der Waals surface area contributed by atoms with Crippen molar-refractivity contribution in [3.63, 3.8) is 0 Å². The van der Waals surface area contributed by atoms with Gasteiger partial charge in [0.2, 0.25) is 5.91 Å². The summed E-state index contributed by atoms with van der Waals surface area (Å²) in [7, 11) is 1.82. The highest BCUT2D eigenvalue weighted by atomic mass is 16.5. The number of ether oxygens (including phenoxy) is 1. The average Bonchev–Trinajstić information content (AvgIpc) is 2.73.